The van der Waals surface area contributed by atoms with Crippen LogP contribution >= 0.6 is 0 Å². The second-order valence-corrected chi connectivity index (χ2v) is 5.79. The van der Waals surface area contributed by atoms with E-state index in [1.165, 1.54) is 12.4 Å². The fraction of sp³-hybridized carbons (Fsp3) is 0.400. The largest absolute Gasteiger partial charge is 0.476 e. The number of piperazine rings is 1. The molecule has 9 nitrogen and oxygen atoms in total. The summed E-state index contributed by atoms with van der Waals surface area (Å²) in [6.45, 7) is 5.51. The van der Waals surface area contributed by atoms with E-state index in [0.29, 0.717) is 31.1 Å². The molecule has 1 aliphatic heterocycles. The number of carboxylic acid groups (broad SMARTS) is 1. The highest BCUT2D eigenvalue weighted by atomic mass is 16.4. The summed E-state index contributed by atoms with van der Waals surface area (Å²) in [5.74, 6) is -0.597. The lowest BCUT2D eigenvalue weighted by atomic mass is 10.1. The third kappa shape index (κ3) is 3.05. The van der Waals surface area contributed by atoms with Crippen molar-refractivity contribution in [1.82, 2.24) is 25.1 Å². The maximum absolute atomic E-state index is 12.5. The van der Waals surface area contributed by atoms with Crippen LogP contribution in [0.1, 0.15) is 33.6 Å². The number of aromatic amines is 1. The molecule has 1 aliphatic rings. The molecule has 0 spiro atoms. The monoisotopic (exact) mass is 330 g/mol. The Balaban J connectivity index is 1.68. The molecule has 1 atom stereocenters. The normalized spacial score (nSPS) is 17.8. The molecule has 24 heavy (non-hydrogen) atoms. The van der Waals surface area contributed by atoms with E-state index in [1.807, 2.05) is 18.7 Å². The molecule has 3 heterocycles. The van der Waals surface area contributed by atoms with E-state index in [-0.39, 0.29) is 17.6 Å². The lowest BCUT2D eigenvalue weighted by Gasteiger charge is -2.40. The van der Waals surface area contributed by atoms with Gasteiger partial charge in [0.2, 0.25) is 0 Å². The zero-order chi connectivity index (χ0) is 17.3. The van der Waals surface area contributed by atoms with Crippen LogP contribution in [-0.4, -0.2) is 67.7 Å². The van der Waals surface area contributed by atoms with Gasteiger partial charge in [0.05, 0.1) is 12.4 Å². The SMILES string of the molecule is Cc1cc(C(=O)N2CCN(c3cnc(C(=O)O)cn3)[C@H](C)C2)n[nH]1. The fourth-order valence-corrected chi connectivity index (χ4v) is 2.75. The Hall–Kier alpha value is -2.97. The summed E-state index contributed by atoms with van der Waals surface area (Å²) in [6.07, 6.45) is 2.70. The van der Waals surface area contributed by atoms with E-state index in [9.17, 15) is 9.59 Å². The van der Waals surface area contributed by atoms with E-state index in [4.69, 9.17) is 5.11 Å². The van der Waals surface area contributed by atoms with Crippen LogP contribution in [0.2, 0.25) is 0 Å². The van der Waals surface area contributed by atoms with Crippen LogP contribution < -0.4 is 4.90 Å². The van der Waals surface area contributed by atoms with E-state index in [2.05, 4.69) is 20.2 Å². The molecule has 126 valence electrons. The Morgan fingerprint density at radius 1 is 1.25 bits per heavy atom. The minimum Gasteiger partial charge on any atom is -0.476 e. The van der Waals surface area contributed by atoms with Gasteiger partial charge in [-0.3, -0.25) is 9.89 Å². The van der Waals surface area contributed by atoms with Crippen LogP contribution in [0, 0.1) is 6.92 Å². The van der Waals surface area contributed by atoms with Crippen LogP contribution in [0.25, 0.3) is 0 Å². The van der Waals surface area contributed by atoms with E-state index in [0.717, 1.165) is 5.69 Å². The zero-order valence-electron chi connectivity index (χ0n) is 13.4. The number of carbonyl (C=O) groups is 2. The van der Waals surface area contributed by atoms with Gasteiger partial charge in [0.25, 0.3) is 5.91 Å². The molecule has 9 heteroatoms. The molecule has 2 N–H and O–H groups in total. The highest BCUT2D eigenvalue weighted by molar-refractivity contribution is 5.92. The smallest absolute Gasteiger partial charge is 0.356 e. The molecular formula is C15H18N6O3. The van der Waals surface area contributed by atoms with Crippen molar-refractivity contribution in [2.75, 3.05) is 24.5 Å². The first-order chi connectivity index (χ1) is 11.5. The Bertz CT molecular complexity index is 757. The Morgan fingerprint density at radius 2 is 2.04 bits per heavy atom. The van der Waals surface area contributed by atoms with Gasteiger partial charge in [-0.15, -0.1) is 0 Å². The molecule has 1 saturated heterocycles. The molecule has 2 aromatic heterocycles. The number of aromatic nitrogens is 4. The van der Waals surface area contributed by atoms with Gasteiger partial charge >= 0.3 is 5.97 Å². The van der Waals surface area contributed by atoms with Gasteiger partial charge in [-0.2, -0.15) is 5.10 Å². The summed E-state index contributed by atoms with van der Waals surface area (Å²) in [5, 5.41) is 15.7. The number of nitrogens with one attached hydrogen (secondary N) is 1. The van der Waals surface area contributed by atoms with Gasteiger partial charge in [-0.25, -0.2) is 14.8 Å². The van der Waals surface area contributed by atoms with Crippen LogP contribution in [0.3, 0.4) is 0 Å². The molecule has 2 aromatic rings. The fourth-order valence-electron chi connectivity index (χ4n) is 2.75. The third-order valence-corrected chi connectivity index (χ3v) is 3.99. The molecule has 0 aromatic carbocycles. The highest BCUT2D eigenvalue weighted by Crippen LogP contribution is 2.18. The number of carbonyl (C=O) groups excluding carboxylic acids is 1. The second kappa shape index (κ2) is 6.26. The first kappa shape index (κ1) is 15.9. The van der Waals surface area contributed by atoms with Crippen molar-refractivity contribution in [2.45, 2.75) is 19.9 Å². The predicted octanol–water partition coefficient (Wildman–Crippen LogP) is 0.557. The molecule has 0 radical (unpaired) electrons. The van der Waals surface area contributed by atoms with E-state index >= 15 is 0 Å². The quantitative estimate of drug-likeness (QED) is 0.844. The molecule has 3 rings (SSSR count). The number of nitrogens with zero attached hydrogens (tertiary/aromatic N) is 5. The summed E-state index contributed by atoms with van der Waals surface area (Å²) in [6, 6.07) is 1.77. The van der Waals surface area contributed by atoms with Gasteiger partial charge in [0, 0.05) is 31.4 Å². The number of aryl methyl sites for hydroxylation is 1. The molecule has 0 unspecified atom stereocenters. The lowest BCUT2D eigenvalue weighted by Crippen LogP contribution is -2.54. The summed E-state index contributed by atoms with van der Waals surface area (Å²) in [4.78, 5) is 35.1. The van der Waals surface area contributed by atoms with Crippen molar-refractivity contribution in [3.63, 3.8) is 0 Å². The molecule has 0 aliphatic carbocycles. The minimum absolute atomic E-state index is 0.0349. The first-order valence-corrected chi connectivity index (χ1v) is 7.59. The van der Waals surface area contributed by atoms with Gasteiger partial charge < -0.3 is 14.9 Å². The molecular weight excluding hydrogens is 312 g/mol. The number of hydrogen-bond acceptors (Lipinski definition) is 6. The summed E-state index contributed by atoms with van der Waals surface area (Å²) >= 11 is 0. The van der Waals surface area contributed by atoms with Crippen molar-refractivity contribution in [3.8, 4) is 0 Å². The van der Waals surface area contributed by atoms with Crippen molar-refractivity contribution in [2.24, 2.45) is 0 Å². The number of rotatable bonds is 3. The maximum atomic E-state index is 12.5. The van der Waals surface area contributed by atoms with Gasteiger partial charge in [0.15, 0.2) is 5.69 Å². The average Bonchev–Trinajstić information content (AvgIpc) is 3.00. The Labute approximate surface area is 138 Å². The Morgan fingerprint density at radius 3 is 2.58 bits per heavy atom. The number of hydrogen-bond donors (Lipinski definition) is 2. The van der Waals surface area contributed by atoms with Gasteiger partial charge in [-0.05, 0) is 19.9 Å². The van der Waals surface area contributed by atoms with Crippen molar-refractivity contribution < 1.29 is 14.7 Å². The van der Waals surface area contributed by atoms with Gasteiger partial charge in [0.1, 0.15) is 11.5 Å². The van der Waals surface area contributed by atoms with Crippen molar-refractivity contribution >= 4 is 17.7 Å². The topological polar surface area (TPSA) is 115 Å². The molecule has 1 fully saturated rings. The summed E-state index contributed by atoms with van der Waals surface area (Å²) < 4.78 is 0. The standard InChI is InChI=1S/C15H18N6O3/c1-9-5-11(19-18-9)14(22)20-3-4-21(10(2)8-20)13-7-16-12(6-17-13)15(23)24/h5-7,10H,3-4,8H2,1-2H3,(H,18,19)(H,23,24)/t10-/m1/s1. The highest BCUT2D eigenvalue weighted by Gasteiger charge is 2.29. The van der Waals surface area contributed by atoms with E-state index in [1.54, 1.807) is 11.0 Å². The second-order valence-electron chi connectivity index (χ2n) is 5.79. The number of carboxylic acids is 1. The number of aromatic carboxylic acids is 1. The average molecular weight is 330 g/mol. The Kier molecular flexibility index (Phi) is 4.15. The first-order valence-electron chi connectivity index (χ1n) is 7.59. The minimum atomic E-state index is -1.10. The van der Waals surface area contributed by atoms with Crippen LogP contribution in [0.15, 0.2) is 18.5 Å². The number of amides is 1. The summed E-state index contributed by atoms with van der Waals surface area (Å²) in [5.41, 5.74) is 1.17. The molecule has 0 bridgehead atoms. The predicted molar refractivity (Wildman–Crippen MR) is 85.0 cm³/mol. The van der Waals surface area contributed by atoms with Gasteiger partial charge in [-0.1, -0.05) is 0 Å². The van der Waals surface area contributed by atoms with Crippen LogP contribution in [0.5, 0.6) is 0 Å². The molecule has 1 amide bonds. The third-order valence-electron chi connectivity index (χ3n) is 3.99. The number of anilines is 1. The van der Waals surface area contributed by atoms with Crippen molar-refractivity contribution in [1.29, 1.82) is 0 Å². The summed E-state index contributed by atoms with van der Waals surface area (Å²) in [7, 11) is 0. The van der Waals surface area contributed by atoms with Crippen LogP contribution in [0.4, 0.5) is 5.82 Å². The van der Waals surface area contributed by atoms with Crippen molar-refractivity contribution in [3.05, 3.63) is 35.5 Å². The number of H-pyrrole nitrogens is 1. The lowest BCUT2D eigenvalue weighted by molar-refractivity contribution is 0.0686. The zero-order valence-corrected chi connectivity index (χ0v) is 13.4. The molecule has 0 saturated carbocycles. The van der Waals surface area contributed by atoms with E-state index < -0.39 is 5.97 Å². The van der Waals surface area contributed by atoms with Crippen LogP contribution in [-0.2, 0) is 0 Å². The maximum Gasteiger partial charge on any atom is 0.356 e.